The summed E-state index contributed by atoms with van der Waals surface area (Å²) in [6.07, 6.45) is 8.06. The Balaban J connectivity index is 1.71. The number of benzene rings is 4. The highest BCUT2D eigenvalue weighted by Gasteiger charge is 2.30. The first-order valence-corrected chi connectivity index (χ1v) is 14.5. The van der Waals surface area contributed by atoms with E-state index in [-0.39, 0.29) is 11.5 Å². The quantitative estimate of drug-likeness (QED) is 0.270. The first-order chi connectivity index (χ1) is 19.4. The van der Waals surface area contributed by atoms with Crippen molar-refractivity contribution < 1.29 is 19.7 Å². The Bertz CT molecular complexity index is 1490. The predicted molar refractivity (Wildman–Crippen MR) is 162 cm³/mol. The van der Waals surface area contributed by atoms with Crippen molar-refractivity contribution >= 4 is 0 Å². The molecule has 0 aliphatic heterocycles. The number of phenols is 2. The molecule has 4 heteroatoms. The highest BCUT2D eigenvalue weighted by atomic mass is 16.5. The molecule has 0 bridgehead atoms. The number of methoxy groups -OCH3 is 2. The molecular weight excluding hydrogens is 496 g/mol. The second-order valence-corrected chi connectivity index (χ2v) is 11.4. The van der Waals surface area contributed by atoms with Crippen molar-refractivity contribution in [1.82, 2.24) is 0 Å². The molecule has 4 nitrogen and oxygen atoms in total. The van der Waals surface area contributed by atoms with Crippen LogP contribution in [-0.4, -0.2) is 24.4 Å². The van der Waals surface area contributed by atoms with Gasteiger partial charge in [-0.3, -0.25) is 0 Å². The van der Waals surface area contributed by atoms with Crippen LogP contribution in [0.4, 0.5) is 0 Å². The molecule has 4 aromatic rings. The van der Waals surface area contributed by atoms with Gasteiger partial charge in [-0.05, 0) is 124 Å². The standard InChI is InChI=1S/C36H38O4/c1-21-13-15-31(39-3)27(17-21)29-19-23-9-5-7-11-25(23)33(35(29)37)34-26-12-8-6-10-24(26)20-30(36(34)38)28-18-22(2)14-16-32(28)40-4/h13-20,37-38H,5-12H2,1-4H3. The van der Waals surface area contributed by atoms with Crippen molar-refractivity contribution in [2.75, 3.05) is 14.2 Å². The van der Waals surface area contributed by atoms with Gasteiger partial charge in [-0.15, -0.1) is 0 Å². The van der Waals surface area contributed by atoms with Crippen molar-refractivity contribution in [2.24, 2.45) is 0 Å². The first kappa shape index (κ1) is 26.3. The Morgan fingerprint density at radius 1 is 0.525 bits per heavy atom. The van der Waals surface area contributed by atoms with Crippen LogP contribution in [0.25, 0.3) is 33.4 Å². The van der Waals surface area contributed by atoms with Gasteiger partial charge in [-0.2, -0.15) is 0 Å². The predicted octanol–water partition coefficient (Wildman–Crippen LogP) is 8.49. The van der Waals surface area contributed by atoms with Gasteiger partial charge >= 0.3 is 0 Å². The summed E-state index contributed by atoms with van der Waals surface area (Å²) in [7, 11) is 3.34. The van der Waals surface area contributed by atoms with E-state index < -0.39 is 0 Å². The molecule has 0 heterocycles. The molecule has 0 fully saturated rings. The third-order valence-electron chi connectivity index (χ3n) is 8.79. The summed E-state index contributed by atoms with van der Waals surface area (Å²) in [4.78, 5) is 0. The molecule has 0 amide bonds. The number of aromatic hydroxyl groups is 2. The highest BCUT2D eigenvalue weighted by Crippen LogP contribution is 2.53. The summed E-state index contributed by atoms with van der Waals surface area (Å²) in [5.74, 6) is 1.90. The van der Waals surface area contributed by atoms with Crippen LogP contribution < -0.4 is 9.47 Å². The average Bonchev–Trinajstić information content (AvgIpc) is 2.97. The number of hydrogen-bond acceptors (Lipinski definition) is 4. The van der Waals surface area contributed by atoms with Crippen molar-refractivity contribution in [1.29, 1.82) is 0 Å². The molecule has 2 aliphatic rings. The molecule has 6 rings (SSSR count). The van der Waals surface area contributed by atoms with Crippen LogP contribution in [0.15, 0.2) is 48.5 Å². The van der Waals surface area contributed by atoms with Gasteiger partial charge in [0.25, 0.3) is 0 Å². The zero-order chi connectivity index (χ0) is 28.0. The van der Waals surface area contributed by atoms with Gasteiger partial charge in [0.1, 0.15) is 23.0 Å². The summed E-state index contributed by atoms with van der Waals surface area (Å²) < 4.78 is 11.5. The van der Waals surface area contributed by atoms with Crippen LogP contribution in [0.3, 0.4) is 0 Å². The third-order valence-corrected chi connectivity index (χ3v) is 8.79. The summed E-state index contributed by atoms with van der Waals surface area (Å²) >= 11 is 0. The van der Waals surface area contributed by atoms with Crippen LogP contribution in [0.1, 0.15) is 59.1 Å². The van der Waals surface area contributed by atoms with Crippen LogP contribution in [0.5, 0.6) is 23.0 Å². The highest BCUT2D eigenvalue weighted by molar-refractivity contribution is 5.95. The third kappa shape index (κ3) is 4.40. The SMILES string of the molecule is COc1ccc(C)cc1-c1cc2c(c(-c3c(O)c(-c4cc(C)ccc4OC)cc4c3CCCC4)c1O)CCCC2. The Labute approximate surface area is 237 Å². The average molecular weight is 535 g/mol. The topological polar surface area (TPSA) is 58.9 Å². The fourth-order valence-corrected chi connectivity index (χ4v) is 6.80. The van der Waals surface area contributed by atoms with Crippen molar-refractivity contribution in [3.05, 3.63) is 81.9 Å². The summed E-state index contributed by atoms with van der Waals surface area (Å²) in [5, 5.41) is 24.4. The molecule has 4 aromatic carbocycles. The molecular formula is C36H38O4. The largest absolute Gasteiger partial charge is 0.507 e. The van der Waals surface area contributed by atoms with E-state index in [1.54, 1.807) is 14.2 Å². The molecule has 0 aromatic heterocycles. The fraction of sp³-hybridized carbons (Fsp3) is 0.333. The lowest BCUT2D eigenvalue weighted by Gasteiger charge is -2.28. The molecule has 0 spiro atoms. The number of aryl methyl sites for hydroxylation is 4. The Morgan fingerprint density at radius 2 is 0.925 bits per heavy atom. The van der Waals surface area contributed by atoms with E-state index in [9.17, 15) is 10.2 Å². The number of hydrogen-bond donors (Lipinski definition) is 2. The number of ether oxygens (including phenoxy) is 2. The minimum absolute atomic E-state index is 0.223. The van der Waals surface area contributed by atoms with E-state index >= 15 is 0 Å². The lowest BCUT2D eigenvalue weighted by Crippen LogP contribution is -2.10. The molecule has 0 radical (unpaired) electrons. The summed E-state index contributed by atoms with van der Waals surface area (Å²) in [6, 6.07) is 16.5. The van der Waals surface area contributed by atoms with Crippen molar-refractivity contribution in [3.8, 4) is 56.4 Å². The Kier molecular flexibility index (Phi) is 6.95. The van der Waals surface area contributed by atoms with Gasteiger partial charge in [0.15, 0.2) is 0 Å². The van der Waals surface area contributed by atoms with Gasteiger partial charge in [0.2, 0.25) is 0 Å². The van der Waals surface area contributed by atoms with E-state index in [4.69, 9.17) is 9.47 Å². The van der Waals surface area contributed by atoms with Gasteiger partial charge in [0.05, 0.1) is 14.2 Å². The van der Waals surface area contributed by atoms with E-state index in [2.05, 4.69) is 38.1 Å². The maximum atomic E-state index is 12.2. The van der Waals surface area contributed by atoms with Gasteiger partial charge in [0, 0.05) is 33.4 Å². The molecule has 0 saturated heterocycles. The van der Waals surface area contributed by atoms with E-state index in [1.165, 1.54) is 11.1 Å². The van der Waals surface area contributed by atoms with Crippen LogP contribution in [0, 0.1) is 13.8 Å². The lowest BCUT2D eigenvalue weighted by atomic mass is 9.77. The molecule has 206 valence electrons. The fourth-order valence-electron chi connectivity index (χ4n) is 6.80. The summed E-state index contributed by atoms with van der Waals surface area (Å²) in [6.45, 7) is 4.11. The monoisotopic (exact) mass is 534 g/mol. The molecule has 0 atom stereocenters. The maximum absolute atomic E-state index is 12.2. The Hall–Kier alpha value is -3.92. The molecule has 40 heavy (non-hydrogen) atoms. The molecule has 0 unspecified atom stereocenters. The molecule has 0 saturated carbocycles. The van der Waals surface area contributed by atoms with Crippen LogP contribution >= 0.6 is 0 Å². The molecule has 2 N–H and O–H groups in total. The minimum atomic E-state index is 0.223. The van der Waals surface area contributed by atoms with Crippen LogP contribution in [0.2, 0.25) is 0 Å². The molecule has 2 aliphatic carbocycles. The summed E-state index contributed by atoms with van der Waals surface area (Å²) in [5.41, 5.74) is 11.9. The first-order valence-electron chi connectivity index (χ1n) is 14.5. The van der Waals surface area contributed by atoms with Gasteiger partial charge < -0.3 is 19.7 Å². The van der Waals surface area contributed by atoms with Gasteiger partial charge in [-0.25, -0.2) is 0 Å². The van der Waals surface area contributed by atoms with Crippen LogP contribution in [-0.2, 0) is 25.7 Å². The zero-order valence-corrected chi connectivity index (χ0v) is 24.0. The smallest absolute Gasteiger partial charge is 0.131 e. The van der Waals surface area contributed by atoms with Crippen molar-refractivity contribution in [2.45, 2.75) is 65.2 Å². The van der Waals surface area contributed by atoms with Gasteiger partial charge in [-0.1, -0.05) is 23.3 Å². The number of phenolic OH excluding ortho intramolecular Hbond substituents is 2. The van der Waals surface area contributed by atoms with E-state index in [0.29, 0.717) is 0 Å². The minimum Gasteiger partial charge on any atom is -0.507 e. The lowest BCUT2D eigenvalue weighted by molar-refractivity contribution is 0.415. The normalized spacial score (nSPS) is 14.4. The van der Waals surface area contributed by atoms with E-state index in [1.807, 2.05) is 24.3 Å². The zero-order valence-electron chi connectivity index (χ0n) is 24.0. The Morgan fingerprint density at radius 3 is 1.32 bits per heavy atom. The van der Waals surface area contributed by atoms with Crippen molar-refractivity contribution in [3.63, 3.8) is 0 Å². The maximum Gasteiger partial charge on any atom is 0.131 e. The number of fused-ring (bicyclic) bond motifs is 2. The second-order valence-electron chi connectivity index (χ2n) is 11.4. The van der Waals surface area contributed by atoms with E-state index in [0.717, 1.165) is 119 Å². The number of rotatable bonds is 5. The second kappa shape index (κ2) is 10.6.